The molecule has 0 spiro atoms. The molecule has 0 aliphatic carbocycles. The smallest absolute Gasteiger partial charge is 0.274 e. The first-order chi connectivity index (χ1) is 15.3. The Morgan fingerprint density at radius 1 is 1.03 bits per heavy atom. The first-order valence-electron chi connectivity index (χ1n) is 10.1. The summed E-state index contributed by atoms with van der Waals surface area (Å²) in [6.45, 7) is 9.44. The second-order valence-corrected chi connectivity index (χ2v) is 7.11. The first-order valence-corrected chi connectivity index (χ1v) is 10.1. The zero-order valence-corrected chi connectivity index (χ0v) is 18.6. The molecule has 0 saturated heterocycles. The fraction of sp³-hybridized carbons (Fsp3) is 0.160. The van der Waals surface area contributed by atoms with Crippen LogP contribution < -0.4 is 21.7 Å². The predicted octanol–water partition coefficient (Wildman–Crippen LogP) is 3.85. The maximum absolute atomic E-state index is 12.3. The van der Waals surface area contributed by atoms with Gasteiger partial charge in [-0.15, -0.1) is 0 Å². The van der Waals surface area contributed by atoms with E-state index in [1.807, 2.05) is 63.4 Å². The summed E-state index contributed by atoms with van der Waals surface area (Å²) in [7, 11) is 0. The van der Waals surface area contributed by atoms with Crippen LogP contribution in [-0.4, -0.2) is 16.8 Å². The molecule has 1 heterocycles. The van der Waals surface area contributed by atoms with Crippen molar-refractivity contribution in [2.24, 2.45) is 5.73 Å². The van der Waals surface area contributed by atoms with Gasteiger partial charge in [-0.2, -0.15) is 0 Å². The SMILES string of the molecule is C=CC(=O)Nc1ccc(/C(C)=C/N/C(C)=C/C=C(\C)NC(=O)c2cccc(CN)n2)cc1. The van der Waals surface area contributed by atoms with E-state index in [2.05, 4.69) is 27.5 Å². The number of anilines is 1. The molecule has 0 atom stereocenters. The number of pyridine rings is 1. The van der Waals surface area contributed by atoms with Crippen LogP contribution in [0, 0.1) is 0 Å². The molecule has 7 heteroatoms. The third-order valence-electron chi connectivity index (χ3n) is 4.45. The largest absolute Gasteiger partial charge is 0.365 e. The summed E-state index contributed by atoms with van der Waals surface area (Å²) in [4.78, 5) is 27.9. The van der Waals surface area contributed by atoms with Crippen molar-refractivity contribution in [1.82, 2.24) is 15.6 Å². The minimum Gasteiger partial charge on any atom is -0.365 e. The highest BCUT2D eigenvalue weighted by atomic mass is 16.2. The van der Waals surface area contributed by atoms with Gasteiger partial charge in [0.1, 0.15) is 5.69 Å². The van der Waals surface area contributed by atoms with Gasteiger partial charge >= 0.3 is 0 Å². The van der Waals surface area contributed by atoms with Gasteiger partial charge in [0.15, 0.2) is 0 Å². The number of allylic oxidation sites excluding steroid dienone is 5. The van der Waals surface area contributed by atoms with E-state index in [1.165, 1.54) is 6.08 Å². The Hall–Kier alpha value is -3.97. The fourth-order valence-electron chi connectivity index (χ4n) is 2.62. The molecule has 2 rings (SSSR count). The fourth-order valence-corrected chi connectivity index (χ4v) is 2.62. The summed E-state index contributed by atoms with van der Waals surface area (Å²) in [5, 5.41) is 8.75. The molecule has 1 aromatic heterocycles. The van der Waals surface area contributed by atoms with Gasteiger partial charge in [0.05, 0.1) is 5.69 Å². The molecule has 0 bridgehead atoms. The Morgan fingerprint density at radius 2 is 1.72 bits per heavy atom. The molecule has 0 aliphatic rings. The lowest BCUT2D eigenvalue weighted by molar-refractivity contribution is -0.111. The molecule has 32 heavy (non-hydrogen) atoms. The third kappa shape index (κ3) is 7.70. The quantitative estimate of drug-likeness (QED) is 0.356. The van der Waals surface area contributed by atoms with Crippen LogP contribution in [-0.2, 0) is 11.3 Å². The monoisotopic (exact) mass is 431 g/mol. The normalized spacial score (nSPS) is 12.2. The highest BCUT2D eigenvalue weighted by Gasteiger charge is 2.07. The lowest BCUT2D eigenvalue weighted by atomic mass is 10.1. The van der Waals surface area contributed by atoms with Crippen molar-refractivity contribution < 1.29 is 9.59 Å². The van der Waals surface area contributed by atoms with E-state index in [1.54, 1.807) is 18.2 Å². The van der Waals surface area contributed by atoms with E-state index in [4.69, 9.17) is 5.73 Å². The zero-order valence-electron chi connectivity index (χ0n) is 18.6. The Morgan fingerprint density at radius 3 is 2.38 bits per heavy atom. The van der Waals surface area contributed by atoms with Gasteiger partial charge in [-0.3, -0.25) is 9.59 Å². The molecular weight excluding hydrogens is 402 g/mol. The van der Waals surface area contributed by atoms with Crippen LogP contribution in [0.4, 0.5) is 5.69 Å². The third-order valence-corrected chi connectivity index (χ3v) is 4.45. The van der Waals surface area contributed by atoms with Crippen molar-refractivity contribution >= 4 is 23.1 Å². The minimum absolute atomic E-state index is 0.243. The molecule has 2 amide bonds. The van der Waals surface area contributed by atoms with Gasteiger partial charge in [0.2, 0.25) is 5.91 Å². The number of aromatic nitrogens is 1. The van der Waals surface area contributed by atoms with Crippen molar-refractivity contribution in [3.05, 3.63) is 102 Å². The van der Waals surface area contributed by atoms with Crippen molar-refractivity contribution in [2.75, 3.05) is 5.32 Å². The molecule has 5 N–H and O–H groups in total. The van der Waals surface area contributed by atoms with Crippen molar-refractivity contribution in [2.45, 2.75) is 27.3 Å². The van der Waals surface area contributed by atoms with E-state index in [0.717, 1.165) is 16.8 Å². The van der Waals surface area contributed by atoms with Crippen LogP contribution in [0.2, 0.25) is 0 Å². The number of carbonyl (C=O) groups is 2. The van der Waals surface area contributed by atoms with Crippen LogP contribution in [0.3, 0.4) is 0 Å². The van der Waals surface area contributed by atoms with Gasteiger partial charge in [0, 0.05) is 29.8 Å². The van der Waals surface area contributed by atoms with Crippen LogP contribution in [0.15, 0.2) is 84.9 Å². The van der Waals surface area contributed by atoms with Crippen LogP contribution in [0.25, 0.3) is 5.57 Å². The number of rotatable bonds is 9. The number of hydrogen-bond donors (Lipinski definition) is 4. The summed E-state index contributed by atoms with van der Waals surface area (Å²) in [6, 6.07) is 12.7. The first kappa shape index (κ1) is 24.3. The lowest BCUT2D eigenvalue weighted by Crippen LogP contribution is -2.23. The summed E-state index contributed by atoms with van der Waals surface area (Å²) < 4.78 is 0. The molecule has 0 aliphatic heterocycles. The van der Waals surface area contributed by atoms with E-state index in [-0.39, 0.29) is 18.4 Å². The van der Waals surface area contributed by atoms with Gasteiger partial charge in [0.25, 0.3) is 5.91 Å². The van der Waals surface area contributed by atoms with Gasteiger partial charge in [-0.1, -0.05) is 24.8 Å². The summed E-state index contributed by atoms with van der Waals surface area (Å²) >= 11 is 0. The average molecular weight is 432 g/mol. The maximum Gasteiger partial charge on any atom is 0.274 e. The van der Waals surface area contributed by atoms with Gasteiger partial charge < -0.3 is 21.7 Å². The molecule has 7 nitrogen and oxygen atoms in total. The Labute approximate surface area is 188 Å². The van der Waals surface area contributed by atoms with Crippen LogP contribution >= 0.6 is 0 Å². The minimum atomic E-state index is -0.281. The summed E-state index contributed by atoms with van der Waals surface area (Å²) in [5.41, 5.74) is 10.9. The number of nitrogens with zero attached hydrogens (tertiary/aromatic N) is 1. The highest BCUT2D eigenvalue weighted by Crippen LogP contribution is 2.16. The average Bonchev–Trinajstić information content (AvgIpc) is 2.81. The molecule has 0 radical (unpaired) electrons. The summed E-state index contributed by atoms with van der Waals surface area (Å²) in [5.74, 6) is -0.524. The second kappa shape index (κ2) is 12.0. The Balaban J connectivity index is 1.94. The standard InChI is InChI=1S/C25H29N5O2/c1-5-24(31)30-21-13-11-20(12-14-21)17(2)16-27-18(3)9-10-19(4)28-25(32)23-8-6-7-22(15-26)29-23/h5-14,16,27H,1,15,26H2,2-4H3,(H,28,32)(H,30,31)/b17-16+,18-9+,19-10+. The number of benzene rings is 1. The molecule has 0 saturated carbocycles. The van der Waals surface area contributed by atoms with Gasteiger partial charge in [-0.05, 0) is 74.4 Å². The van der Waals surface area contributed by atoms with Crippen LogP contribution in [0.5, 0.6) is 0 Å². The highest BCUT2D eigenvalue weighted by molar-refractivity contribution is 5.98. The van der Waals surface area contributed by atoms with Gasteiger partial charge in [-0.25, -0.2) is 4.98 Å². The topological polar surface area (TPSA) is 109 Å². The molecule has 166 valence electrons. The molecule has 1 aromatic carbocycles. The molecular formula is C25H29N5O2. The van der Waals surface area contributed by atoms with E-state index in [9.17, 15) is 9.59 Å². The molecule has 0 fully saturated rings. The molecule has 0 unspecified atom stereocenters. The van der Waals surface area contributed by atoms with Crippen LogP contribution in [0.1, 0.15) is 42.5 Å². The number of nitrogens with one attached hydrogen (secondary N) is 3. The van der Waals surface area contributed by atoms with Crippen molar-refractivity contribution in [3.8, 4) is 0 Å². The Bertz CT molecular complexity index is 1070. The number of hydrogen-bond acceptors (Lipinski definition) is 5. The Kier molecular flexibility index (Phi) is 9.13. The van der Waals surface area contributed by atoms with E-state index in [0.29, 0.717) is 22.8 Å². The predicted molar refractivity (Wildman–Crippen MR) is 129 cm³/mol. The van der Waals surface area contributed by atoms with E-state index >= 15 is 0 Å². The van der Waals surface area contributed by atoms with E-state index < -0.39 is 0 Å². The maximum atomic E-state index is 12.3. The summed E-state index contributed by atoms with van der Waals surface area (Å²) in [6.07, 6.45) is 6.81. The number of amides is 2. The van der Waals surface area contributed by atoms with Crippen molar-refractivity contribution in [1.29, 1.82) is 0 Å². The zero-order chi connectivity index (χ0) is 23.5. The second-order valence-electron chi connectivity index (χ2n) is 7.11. The van der Waals surface area contributed by atoms with Crippen molar-refractivity contribution in [3.63, 3.8) is 0 Å². The number of nitrogens with two attached hydrogens (primary N) is 1. The number of carbonyl (C=O) groups excluding carboxylic acids is 2. The lowest BCUT2D eigenvalue weighted by Gasteiger charge is -2.07. The molecule has 2 aromatic rings.